The highest BCUT2D eigenvalue weighted by Gasteiger charge is 2.29. The number of carbonyl (C=O) groups excluding carboxylic acids is 8. The van der Waals surface area contributed by atoms with Gasteiger partial charge >= 0.3 is 24.0 Å². The topological polar surface area (TPSA) is 330 Å². The minimum absolute atomic E-state index is 0.0313. The Bertz CT molecular complexity index is 2200. The minimum atomic E-state index is -1.17. The van der Waals surface area contributed by atoms with Gasteiger partial charge in [0.15, 0.2) is 24.0 Å². The number of hydroxylamine groups is 1. The van der Waals surface area contributed by atoms with Crippen LogP contribution in [-0.2, 0) is 100 Å². The van der Waals surface area contributed by atoms with Gasteiger partial charge in [-0.1, -0.05) is 48.5 Å². The number of ketones is 3. The first-order chi connectivity index (χ1) is 40.0. The molecule has 26 heteroatoms. The second-order valence-electron chi connectivity index (χ2n) is 20.3. The molecule has 0 saturated carbocycles. The summed E-state index contributed by atoms with van der Waals surface area (Å²) in [6, 6.07) is 16.5. The van der Waals surface area contributed by atoms with Crippen molar-refractivity contribution < 1.29 is 110 Å². The molecule has 1 aliphatic rings. The van der Waals surface area contributed by atoms with Crippen molar-refractivity contribution in [1.29, 1.82) is 0 Å². The number of fused-ring (bicyclic) bond motifs is 3. The van der Waals surface area contributed by atoms with Crippen LogP contribution >= 0.6 is 0 Å². The quantitative estimate of drug-likeness (QED) is 0.0317. The SMILES string of the molecule is CC(=O)COCCOCCNC(=O)COCCOCCCC(=O)COCC(=O)OC(C)(C)C.CC(=O)COCCOCCNC(=O)COCCOCCCC(=O)OCC1c2ccccc2-c2ccccc21.CC(C)(C)OC(=O)NOCC(=O)O. The predicted molar refractivity (Wildman–Crippen MR) is 302 cm³/mol. The number of benzene rings is 2. The number of amides is 3. The molecule has 0 saturated heterocycles. The number of Topliss-reactive ketones (excluding diaryl/α,β-unsaturated/α-hetero) is 3. The molecule has 0 radical (unpaired) electrons. The van der Waals surface area contributed by atoms with Crippen molar-refractivity contribution in [2.45, 2.75) is 98.2 Å². The van der Waals surface area contributed by atoms with E-state index in [9.17, 15) is 43.2 Å². The molecule has 0 fully saturated rings. The lowest BCUT2D eigenvalue weighted by molar-refractivity contribution is -0.160. The summed E-state index contributed by atoms with van der Waals surface area (Å²) in [5.41, 5.74) is 5.41. The largest absolute Gasteiger partial charge is 0.479 e. The van der Waals surface area contributed by atoms with Crippen molar-refractivity contribution in [2.75, 3.05) is 145 Å². The van der Waals surface area contributed by atoms with Crippen LogP contribution in [0.1, 0.15) is 98.1 Å². The summed E-state index contributed by atoms with van der Waals surface area (Å²) in [4.78, 5) is 105. The van der Waals surface area contributed by atoms with Crippen LogP contribution in [0.4, 0.5) is 4.79 Å². The highest BCUT2D eigenvalue weighted by Crippen LogP contribution is 2.44. The zero-order chi connectivity index (χ0) is 62.4. The third-order valence-corrected chi connectivity index (χ3v) is 10.1. The molecule has 2 aromatic carbocycles. The van der Waals surface area contributed by atoms with Crippen molar-refractivity contribution in [3.63, 3.8) is 0 Å². The number of hydrogen-bond donors (Lipinski definition) is 4. The number of carboxylic acids is 1. The van der Waals surface area contributed by atoms with Gasteiger partial charge in [-0.25, -0.2) is 14.4 Å². The van der Waals surface area contributed by atoms with Gasteiger partial charge in [0, 0.05) is 45.1 Å². The summed E-state index contributed by atoms with van der Waals surface area (Å²) in [5, 5.41) is 13.5. The summed E-state index contributed by atoms with van der Waals surface area (Å²) < 4.78 is 62.4. The normalized spacial score (nSPS) is 11.6. The second kappa shape index (κ2) is 46.0. The number of esters is 2. The van der Waals surface area contributed by atoms with E-state index >= 15 is 0 Å². The van der Waals surface area contributed by atoms with Gasteiger partial charge in [-0.05, 0) is 90.5 Å². The van der Waals surface area contributed by atoms with E-state index in [0.29, 0.717) is 98.6 Å². The van der Waals surface area contributed by atoms with E-state index in [-0.39, 0.29) is 107 Å². The molecule has 0 aliphatic heterocycles. The van der Waals surface area contributed by atoms with Crippen LogP contribution in [0, 0.1) is 0 Å². The molecule has 0 heterocycles. The van der Waals surface area contributed by atoms with E-state index in [1.807, 2.05) is 29.7 Å². The molecule has 0 aromatic heterocycles. The monoisotopic (exact) mass is 1200 g/mol. The van der Waals surface area contributed by atoms with Crippen LogP contribution in [0.5, 0.6) is 0 Å². The summed E-state index contributed by atoms with van der Waals surface area (Å²) in [7, 11) is 0. The number of nitrogens with one attached hydrogen (secondary N) is 3. The van der Waals surface area contributed by atoms with Crippen molar-refractivity contribution in [3.8, 4) is 11.1 Å². The maximum atomic E-state index is 12.3. The minimum Gasteiger partial charge on any atom is -0.479 e. The lowest BCUT2D eigenvalue weighted by atomic mass is 9.98. The fourth-order valence-electron chi connectivity index (χ4n) is 6.79. The van der Waals surface area contributed by atoms with Gasteiger partial charge in [0.2, 0.25) is 11.8 Å². The number of carboxylic acid groups (broad SMARTS) is 1. The van der Waals surface area contributed by atoms with Crippen LogP contribution in [0.25, 0.3) is 11.1 Å². The Morgan fingerprint density at radius 1 is 0.464 bits per heavy atom. The van der Waals surface area contributed by atoms with E-state index in [2.05, 4.69) is 39.7 Å². The highest BCUT2D eigenvalue weighted by atomic mass is 16.7. The molecule has 474 valence electrons. The first-order valence-corrected chi connectivity index (χ1v) is 27.6. The van der Waals surface area contributed by atoms with Crippen LogP contribution < -0.4 is 16.1 Å². The van der Waals surface area contributed by atoms with Crippen molar-refractivity contribution in [3.05, 3.63) is 59.7 Å². The molecule has 0 bridgehead atoms. The maximum absolute atomic E-state index is 12.3. The van der Waals surface area contributed by atoms with E-state index in [1.54, 1.807) is 41.5 Å². The van der Waals surface area contributed by atoms with Gasteiger partial charge in [-0.15, -0.1) is 0 Å². The molecule has 0 spiro atoms. The second-order valence-corrected chi connectivity index (χ2v) is 20.3. The molecule has 84 heavy (non-hydrogen) atoms. The summed E-state index contributed by atoms with van der Waals surface area (Å²) in [5.74, 6) is -2.55. The predicted octanol–water partition coefficient (Wildman–Crippen LogP) is 3.89. The third kappa shape index (κ3) is 43.3. The van der Waals surface area contributed by atoms with Crippen molar-refractivity contribution in [2.24, 2.45) is 0 Å². The first-order valence-electron chi connectivity index (χ1n) is 27.6. The lowest BCUT2D eigenvalue weighted by Crippen LogP contribution is -2.33. The summed E-state index contributed by atoms with van der Waals surface area (Å²) in [6.45, 7) is 17.3. The van der Waals surface area contributed by atoms with Crippen LogP contribution in [0.15, 0.2) is 48.5 Å². The Morgan fingerprint density at radius 2 is 0.893 bits per heavy atom. The van der Waals surface area contributed by atoms with E-state index in [1.165, 1.54) is 36.1 Å². The fraction of sp³-hybridized carbons (Fsp3) is 0.638. The highest BCUT2D eigenvalue weighted by molar-refractivity contribution is 5.81. The van der Waals surface area contributed by atoms with Gasteiger partial charge in [0.05, 0.1) is 66.1 Å². The average molecular weight is 1200 g/mol. The lowest BCUT2D eigenvalue weighted by Gasteiger charge is -2.19. The molecule has 3 amide bonds. The molecule has 4 N–H and O–H groups in total. The molecular formula is C58H89N3O23. The Labute approximate surface area is 492 Å². The Kier molecular flexibility index (Phi) is 41.5. The van der Waals surface area contributed by atoms with Crippen molar-refractivity contribution in [1.82, 2.24) is 16.1 Å². The smallest absolute Gasteiger partial charge is 0.431 e. The zero-order valence-electron chi connectivity index (χ0n) is 50.0. The van der Waals surface area contributed by atoms with Gasteiger partial charge in [-0.3, -0.25) is 33.6 Å². The standard InChI is InChI=1S/C29H37NO8.C22H39NO10.C7H13NO5/c1-22(31)19-36-17-16-35-14-12-30-28(32)21-37-18-15-34-13-6-11-29(33)38-20-27-25-9-4-2-7-23(25)24-8-3-5-10-26(24)27;1-18(24)14-30-12-11-29-9-7-23-20(26)16-31-13-10-28-8-5-6-19(25)15-32-17-21(27)33-22(2,3)4;1-7(2,3)13-6(11)8-12-4-5(9)10/h2-5,7-10,27H,6,11-21H2,1H3,(H,30,32);5-17H2,1-4H3,(H,23,26);4H2,1-3H3,(H,8,11)(H,9,10). The Morgan fingerprint density at radius 3 is 1.35 bits per heavy atom. The first kappa shape index (κ1) is 75.7. The fourth-order valence-corrected chi connectivity index (χ4v) is 6.79. The van der Waals surface area contributed by atoms with Gasteiger partial charge in [0.1, 0.15) is 57.5 Å². The van der Waals surface area contributed by atoms with Crippen molar-refractivity contribution >= 4 is 53.2 Å². The molecule has 3 rings (SSSR count). The van der Waals surface area contributed by atoms with E-state index in [0.717, 1.165) is 0 Å². The van der Waals surface area contributed by atoms with Crippen LogP contribution in [0.3, 0.4) is 0 Å². The Balaban J connectivity index is 0.000000700. The maximum Gasteiger partial charge on any atom is 0.431 e. The van der Waals surface area contributed by atoms with Gasteiger partial charge < -0.3 is 72.6 Å². The number of hydrogen-bond acceptors (Lipinski definition) is 22. The molecule has 0 atom stereocenters. The summed E-state index contributed by atoms with van der Waals surface area (Å²) >= 11 is 0. The number of rotatable bonds is 43. The summed E-state index contributed by atoms with van der Waals surface area (Å²) in [6.07, 6.45) is 0.826. The van der Waals surface area contributed by atoms with Gasteiger partial charge in [-0.2, -0.15) is 5.48 Å². The number of carbonyl (C=O) groups is 9. The number of aliphatic carboxylic acids is 1. The molecule has 26 nitrogen and oxygen atoms in total. The van der Waals surface area contributed by atoms with E-state index < -0.39 is 35.8 Å². The molecule has 2 aromatic rings. The molecule has 1 aliphatic carbocycles. The molecular weight excluding hydrogens is 1110 g/mol. The molecule has 0 unspecified atom stereocenters. The van der Waals surface area contributed by atoms with Crippen LogP contribution in [-0.4, -0.2) is 215 Å². The van der Waals surface area contributed by atoms with Crippen LogP contribution in [0.2, 0.25) is 0 Å². The van der Waals surface area contributed by atoms with E-state index in [4.69, 9.17) is 61.9 Å². The third-order valence-electron chi connectivity index (χ3n) is 10.1. The van der Waals surface area contributed by atoms with Gasteiger partial charge in [0.25, 0.3) is 0 Å². The zero-order valence-corrected chi connectivity index (χ0v) is 50.0. The number of ether oxygens (including phenoxy) is 12. The average Bonchev–Trinajstić information content (AvgIpc) is 3.83. The Hall–Kier alpha value is -6.33.